The molecule has 0 rings (SSSR count). The first kappa shape index (κ1) is 11.7. The maximum absolute atomic E-state index is 11.0. The van der Waals surface area contributed by atoms with E-state index in [0.29, 0.717) is 0 Å². The van der Waals surface area contributed by atoms with Crippen molar-refractivity contribution in [2.45, 2.75) is 19.8 Å². The summed E-state index contributed by atoms with van der Waals surface area (Å²) in [7, 11) is 0. The highest BCUT2D eigenvalue weighted by Gasteiger charge is 2.23. The van der Waals surface area contributed by atoms with Crippen LogP contribution in [0.25, 0.3) is 0 Å². The van der Waals surface area contributed by atoms with Gasteiger partial charge in [0.2, 0.25) is 0 Å². The van der Waals surface area contributed by atoms with E-state index in [1.807, 2.05) is 6.92 Å². The van der Waals surface area contributed by atoms with Crippen LogP contribution in [0.4, 0.5) is 0 Å². The van der Waals surface area contributed by atoms with E-state index in [9.17, 15) is 9.59 Å². The zero-order valence-electron chi connectivity index (χ0n) is 7.66. The van der Waals surface area contributed by atoms with Crippen molar-refractivity contribution in [3.63, 3.8) is 0 Å². The lowest BCUT2D eigenvalue weighted by molar-refractivity contribution is -0.156. The Morgan fingerprint density at radius 1 is 1.62 bits per heavy atom. The highest BCUT2D eigenvalue weighted by Crippen LogP contribution is 2.02. The van der Waals surface area contributed by atoms with Crippen molar-refractivity contribution in [1.29, 1.82) is 0 Å². The van der Waals surface area contributed by atoms with Gasteiger partial charge in [-0.15, -0.1) is 6.58 Å². The lowest BCUT2D eigenvalue weighted by atomic mass is 10.1. The molecule has 0 heterocycles. The largest absolute Gasteiger partial charge is 0.480 e. The molecule has 0 aliphatic rings. The molecule has 0 saturated carbocycles. The van der Waals surface area contributed by atoms with Crippen LogP contribution in [0.2, 0.25) is 0 Å². The normalized spacial score (nSPS) is 11.8. The number of carboxylic acids is 1. The van der Waals surface area contributed by atoms with Gasteiger partial charge in [-0.3, -0.25) is 9.59 Å². The molecule has 0 aromatic carbocycles. The van der Waals surface area contributed by atoms with Crippen LogP contribution >= 0.6 is 0 Å². The van der Waals surface area contributed by atoms with Crippen molar-refractivity contribution in [1.82, 2.24) is 0 Å². The molecule has 0 spiro atoms. The quantitative estimate of drug-likeness (QED) is 0.293. The number of carbonyl (C=O) groups is 2. The first-order chi connectivity index (χ1) is 6.13. The summed E-state index contributed by atoms with van der Waals surface area (Å²) in [5.41, 5.74) is 0. The zero-order valence-corrected chi connectivity index (χ0v) is 7.66. The van der Waals surface area contributed by atoms with Crippen LogP contribution in [0, 0.1) is 5.92 Å². The highest BCUT2D eigenvalue weighted by molar-refractivity contribution is 5.95. The predicted octanol–water partition coefficient (Wildman–Crippen LogP) is 1.22. The van der Waals surface area contributed by atoms with Crippen LogP contribution in [-0.2, 0) is 14.3 Å². The topological polar surface area (TPSA) is 63.6 Å². The van der Waals surface area contributed by atoms with Gasteiger partial charge in [-0.05, 0) is 6.42 Å². The summed E-state index contributed by atoms with van der Waals surface area (Å²) in [5, 5.41) is 8.53. The summed E-state index contributed by atoms with van der Waals surface area (Å²) in [6.45, 7) is 5.48. The molecule has 0 fully saturated rings. The van der Waals surface area contributed by atoms with Gasteiger partial charge in [-0.25, -0.2) is 0 Å². The van der Waals surface area contributed by atoms with E-state index < -0.39 is 17.9 Å². The summed E-state index contributed by atoms with van der Waals surface area (Å²) in [4.78, 5) is 21.4. The molecule has 74 valence electrons. The molecule has 0 bridgehead atoms. The molecule has 1 N–H and O–H groups in total. The number of carbonyl (C=O) groups excluding carboxylic acids is 1. The van der Waals surface area contributed by atoms with Gasteiger partial charge in [0.25, 0.3) is 0 Å². The third kappa shape index (κ3) is 4.30. The van der Waals surface area contributed by atoms with Crippen LogP contribution in [-0.4, -0.2) is 23.7 Å². The van der Waals surface area contributed by atoms with E-state index in [4.69, 9.17) is 9.84 Å². The van der Waals surface area contributed by atoms with E-state index in [1.165, 1.54) is 0 Å². The van der Waals surface area contributed by atoms with Crippen molar-refractivity contribution in [3.8, 4) is 0 Å². The van der Waals surface area contributed by atoms with Gasteiger partial charge in [-0.2, -0.15) is 0 Å². The van der Waals surface area contributed by atoms with Gasteiger partial charge in [0.1, 0.15) is 0 Å². The van der Waals surface area contributed by atoms with Crippen molar-refractivity contribution >= 4 is 11.9 Å². The van der Waals surface area contributed by atoms with Crippen molar-refractivity contribution < 1.29 is 19.4 Å². The zero-order chi connectivity index (χ0) is 10.3. The minimum Gasteiger partial charge on any atom is -0.480 e. The molecule has 0 aliphatic heterocycles. The molecule has 1 atom stereocenters. The van der Waals surface area contributed by atoms with Gasteiger partial charge in [0.15, 0.2) is 5.92 Å². The number of esters is 1. The van der Waals surface area contributed by atoms with Crippen LogP contribution in [0.15, 0.2) is 12.7 Å². The Balaban J connectivity index is 3.92. The first-order valence-corrected chi connectivity index (χ1v) is 4.15. The number of ether oxygens (including phenoxy) is 1. The molecule has 0 aromatic heterocycles. The number of unbranched alkanes of at least 4 members (excludes halogenated alkanes) is 1. The average Bonchev–Trinajstić information content (AvgIpc) is 2.05. The fourth-order valence-electron chi connectivity index (χ4n) is 0.705. The maximum Gasteiger partial charge on any atom is 0.324 e. The third-order valence-corrected chi connectivity index (χ3v) is 1.50. The van der Waals surface area contributed by atoms with Crippen molar-refractivity contribution in [3.05, 3.63) is 12.7 Å². The lowest BCUT2D eigenvalue weighted by Gasteiger charge is -2.07. The smallest absolute Gasteiger partial charge is 0.324 e. The molecule has 1 unspecified atom stereocenters. The second-order valence-electron chi connectivity index (χ2n) is 2.57. The minimum atomic E-state index is -1.24. The van der Waals surface area contributed by atoms with Crippen molar-refractivity contribution in [2.75, 3.05) is 6.61 Å². The Hall–Kier alpha value is -1.32. The Bertz CT molecular complexity index is 198. The number of aliphatic carboxylic acids is 1. The van der Waals surface area contributed by atoms with E-state index >= 15 is 0 Å². The summed E-state index contributed by atoms with van der Waals surface area (Å²) >= 11 is 0. The SMILES string of the molecule is C=CC(C(=O)O)C(=O)OCCCC. The summed E-state index contributed by atoms with van der Waals surface area (Å²) in [6.07, 6.45) is 2.71. The monoisotopic (exact) mass is 186 g/mol. The summed E-state index contributed by atoms with van der Waals surface area (Å²) in [5.74, 6) is -3.20. The Labute approximate surface area is 77.2 Å². The van der Waals surface area contributed by atoms with Crippen LogP contribution in [0.1, 0.15) is 19.8 Å². The van der Waals surface area contributed by atoms with Gasteiger partial charge in [0.05, 0.1) is 6.61 Å². The molecule has 0 saturated heterocycles. The van der Waals surface area contributed by atoms with E-state index in [1.54, 1.807) is 0 Å². The fourth-order valence-corrected chi connectivity index (χ4v) is 0.705. The van der Waals surface area contributed by atoms with Gasteiger partial charge in [-0.1, -0.05) is 19.4 Å². The molecule has 4 nitrogen and oxygen atoms in total. The van der Waals surface area contributed by atoms with Gasteiger partial charge < -0.3 is 9.84 Å². The number of rotatable bonds is 6. The molecule has 0 aromatic rings. The number of carboxylic acid groups (broad SMARTS) is 1. The Morgan fingerprint density at radius 3 is 2.62 bits per heavy atom. The van der Waals surface area contributed by atoms with Crippen LogP contribution in [0.5, 0.6) is 0 Å². The Kier molecular flexibility index (Phi) is 5.59. The van der Waals surface area contributed by atoms with Gasteiger partial charge in [0, 0.05) is 0 Å². The standard InChI is InChI=1S/C9H14O4/c1-3-5-6-13-9(12)7(4-2)8(10)11/h4,7H,2-3,5-6H2,1H3,(H,10,11). The van der Waals surface area contributed by atoms with Crippen LogP contribution in [0.3, 0.4) is 0 Å². The lowest BCUT2D eigenvalue weighted by Crippen LogP contribution is -2.24. The first-order valence-electron chi connectivity index (χ1n) is 4.15. The van der Waals surface area contributed by atoms with E-state index in [-0.39, 0.29) is 6.61 Å². The van der Waals surface area contributed by atoms with Crippen molar-refractivity contribution in [2.24, 2.45) is 5.92 Å². The average molecular weight is 186 g/mol. The molecule has 0 aliphatic carbocycles. The molecular formula is C9H14O4. The molecular weight excluding hydrogens is 172 g/mol. The molecule has 4 heteroatoms. The Morgan fingerprint density at radius 2 is 2.23 bits per heavy atom. The van der Waals surface area contributed by atoms with Gasteiger partial charge >= 0.3 is 11.9 Å². The number of hydrogen-bond donors (Lipinski definition) is 1. The summed E-state index contributed by atoms with van der Waals surface area (Å²) < 4.78 is 4.71. The van der Waals surface area contributed by atoms with E-state index in [2.05, 4.69) is 6.58 Å². The number of hydrogen-bond acceptors (Lipinski definition) is 3. The third-order valence-electron chi connectivity index (χ3n) is 1.50. The second kappa shape index (κ2) is 6.22. The highest BCUT2D eigenvalue weighted by atomic mass is 16.5. The second-order valence-corrected chi connectivity index (χ2v) is 2.57. The molecule has 0 amide bonds. The molecule has 0 radical (unpaired) electrons. The van der Waals surface area contributed by atoms with Crippen LogP contribution < -0.4 is 0 Å². The molecule has 13 heavy (non-hydrogen) atoms. The predicted molar refractivity (Wildman–Crippen MR) is 47.2 cm³/mol. The summed E-state index contributed by atoms with van der Waals surface area (Å²) in [6, 6.07) is 0. The maximum atomic E-state index is 11.0. The minimum absolute atomic E-state index is 0.271. The fraction of sp³-hybridized carbons (Fsp3) is 0.556. The van der Waals surface area contributed by atoms with E-state index in [0.717, 1.165) is 18.9 Å².